The lowest BCUT2D eigenvalue weighted by molar-refractivity contribution is -0.137. The number of carbonyl (C=O) groups is 1. The lowest BCUT2D eigenvalue weighted by Crippen LogP contribution is -2.42. The smallest absolute Gasteiger partial charge is 0.417 e. The Balaban J connectivity index is 1.69. The van der Waals surface area contributed by atoms with E-state index in [9.17, 15) is 18.0 Å². The van der Waals surface area contributed by atoms with Crippen molar-refractivity contribution in [3.63, 3.8) is 0 Å². The van der Waals surface area contributed by atoms with Crippen LogP contribution in [0.3, 0.4) is 0 Å². The lowest BCUT2D eigenvalue weighted by Gasteiger charge is -2.25. The first kappa shape index (κ1) is 20.0. The van der Waals surface area contributed by atoms with E-state index in [4.69, 9.17) is 16.3 Å². The van der Waals surface area contributed by atoms with Crippen molar-refractivity contribution in [1.82, 2.24) is 10.3 Å². The summed E-state index contributed by atoms with van der Waals surface area (Å²) in [5, 5.41) is 2.65. The summed E-state index contributed by atoms with van der Waals surface area (Å²) in [6.07, 6.45) is -0.0925. The largest absolute Gasteiger partial charge is 0.497 e. The van der Waals surface area contributed by atoms with E-state index in [1.807, 2.05) is 12.1 Å². The number of pyridine rings is 1. The summed E-state index contributed by atoms with van der Waals surface area (Å²) in [6, 6.07) is 7.41. The first-order valence-electron chi connectivity index (χ1n) is 8.38. The number of carbonyl (C=O) groups excluding carboxylic acids is 1. The predicted molar refractivity (Wildman–Crippen MR) is 99.1 cm³/mol. The van der Waals surface area contributed by atoms with Crippen LogP contribution in [0.15, 0.2) is 48.8 Å². The van der Waals surface area contributed by atoms with Gasteiger partial charge in [-0.05, 0) is 30.2 Å². The van der Waals surface area contributed by atoms with Crippen molar-refractivity contribution in [3.05, 3.63) is 65.0 Å². The highest BCUT2D eigenvalue weighted by Gasteiger charge is 2.34. The number of aromatic nitrogens is 1. The summed E-state index contributed by atoms with van der Waals surface area (Å²) in [6.45, 7) is 0.307. The van der Waals surface area contributed by atoms with Gasteiger partial charge in [0.1, 0.15) is 11.8 Å². The fourth-order valence-corrected chi connectivity index (χ4v) is 3.06. The van der Waals surface area contributed by atoms with Crippen LogP contribution in [-0.4, -0.2) is 24.0 Å². The molecule has 148 valence electrons. The molecule has 1 amide bonds. The molecule has 5 nitrogen and oxygen atoms in total. The highest BCUT2D eigenvalue weighted by atomic mass is 35.5. The Kier molecular flexibility index (Phi) is 5.79. The molecular formula is C19H17ClF3N3O2. The van der Waals surface area contributed by atoms with Gasteiger partial charge in [0.25, 0.3) is 0 Å². The van der Waals surface area contributed by atoms with Gasteiger partial charge in [-0.15, -0.1) is 0 Å². The Morgan fingerprint density at radius 3 is 2.68 bits per heavy atom. The molecule has 1 unspecified atom stereocenters. The highest BCUT2D eigenvalue weighted by molar-refractivity contribution is 6.33. The standard InChI is InChI=1S/C19H17ClF3N3O2/c1-28-14-6-4-12(5-7-14)10-25-18(27)16-3-2-8-26(16)17-15(20)9-13(11-24-17)19(21,22)23/h2,4-9,11,16H,3,10H2,1H3,(H,25,27). The van der Waals surface area contributed by atoms with E-state index in [0.717, 1.165) is 11.6 Å². The number of halogens is 4. The van der Waals surface area contributed by atoms with Gasteiger partial charge >= 0.3 is 6.18 Å². The van der Waals surface area contributed by atoms with Crippen molar-refractivity contribution in [2.75, 3.05) is 12.0 Å². The van der Waals surface area contributed by atoms with E-state index in [1.54, 1.807) is 31.5 Å². The van der Waals surface area contributed by atoms with Crippen LogP contribution in [0.4, 0.5) is 19.0 Å². The number of alkyl halides is 3. The van der Waals surface area contributed by atoms with Gasteiger partial charge in [0.15, 0.2) is 5.82 Å². The van der Waals surface area contributed by atoms with Crippen LogP contribution < -0.4 is 15.0 Å². The fourth-order valence-electron chi connectivity index (χ4n) is 2.80. The third-order valence-corrected chi connectivity index (χ3v) is 4.56. The van der Waals surface area contributed by atoms with Crippen LogP contribution in [0.25, 0.3) is 0 Å². The monoisotopic (exact) mass is 411 g/mol. The van der Waals surface area contributed by atoms with Crippen molar-refractivity contribution in [2.45, 2.75) is 25.2 Å². The molecule has 1 atom stereocenters. The topological polar surface area (TPSA) is 54.5 Å². The quantitative estimate of drug-likeness (QED) is 0.802. The normalized spacial score (nSPS) is 16.3. The Labute approximate surface area is 164 Å². The number of hydrogen-bond acceptors (Lipinski definition) is 4. The molecule has 0 aliphatic carbocycles. The Bertz CT molecular complexity index is 885. The maximum absolute atomic E-state index is 12.8. The number of methoxy groups -OCH3 is 1. The Morgan fingerprint density at radius 2 is 2.07 bits per heavy atom. The highest BCUT2D eigenvalue weighted by Crippen LogP contribution is 2.35. The van der Waals surface area contributed by atoms with Crippen LogP contribution in [-0.2, 0) is 17.5 Å². The van der Waals surface area contributed by atoms with Crippen molar-refractivity contribution >= 4 is 23.3 Å². The van der Waals surface area contributed by atoms with Crippen molar-refractivity contribution < 1.29 is 22.7 Å². The Hall–Kier alpha value is -2.74. The molecular weight excluding hydrogens is 395 g/mol. The summed E-state index contributed by atoms with van der Waals surface area (Å²) in [5.74, 6) is 0.538. The fraction of sp³-hybridized carbons (Fsp3) is 0.263. The molecule has 0 radical (unpaired) electrons. The maximum atomic E-state index is 12.8. The number of amides is 1. The van der Waals surface area contributed by atoms with Crippen molar-refractivity contribution in [3.8, 4) is 5.75 Å². The van der Waals surface area contributed by atoms with Gasteiger partial charge in [-0.25, -0.2) is 4.98 Å². The molecule has 0 bridgehead atoms. The van der Waals surface area contributed by atoms with Gasteiger partial charge in [-0.3, -0.25) is 4.79 Å². The van der Waals surface area contributed by atoms with Gasteiger partial charge in [0.2, 0.25) is 5.91 Å². The number of hydrogen-bond donors (Lipinski definition) is 1. The van der Waals surface area contributed by atoms with Gasteiger partial charge < -0.3 is 15.0 Å². The van der Waals surface area contributed by atoms with E-state index in [1.165, 1.54) is 4.90 Å². The Morgan fingerprint density at radius 1 is 1.36 bits per heavy atom. The number of nitrogens with one attached hydrogen (secondary N) is 1. The lowest BCUT2D eigenvalue weighted by atomic mass is 10.1. The van der Waals surface area contributed by atoms with Crippen LogP contribution in [0.5, 0.6) is 5.75 Å². The molecule has 3 rings (SSSR count). The molecule has 0 saturated heterocycles. The van der Waals surface area contributed by atoms with Gasteiger partial charge in [0.05, 0.1) is 17.7 Å². The molecule has 1 aromatic heterocycles. The zero-order chi connectivity index (χ0) is 20.3. The molecule has 1 aliphatic heterocycles. The van der Waals surface area contributed by atoms with E-state index in [0.29, 0.717) is 24.9 Å². The summed E-state index contributed by atoms with van der Waals surface area (Å²) >= 11 is 6.01. The number of benzene rings is 1. The van der Waals surface area contributed by atoms with E-state index >= 15 is 0 Å². The average molecular weight is 412 g/mol. The van der Waals surface area contributed by atoms with Crippen molar-refractivity contribution in [1.29, 1.82) is 0 Å². The van der Waals surface area contributed by atoms with E-state index in [2.05, 4.69) is 10.3 Å². The minimum absolute atomic E-state index is 0.105. The molecule has 0 spiro atoms. The first-order chi connectivity index (χ1) is 13.3. The van der Waals surface area contributed by atoms with Gasteiger partial charge in [-0.1, -0.05) is 29.8 Å². The van der Waals surface area contributed by atoms with E-state index in [-0.39, 0.29) is 16.7 Å². The van der Waals surface area contributed by atoms with Crippen LogP contribution in [0, 0.1) is 0 Å². The molecule has 2 aromatic rings. The average Bonchev–Trinajstić information content (AvgIpc) is 3.15. The summed E-state index contributed by atoms with van der Waals surface area (Å²) < 4.78 is 43.5. The molecule has 1 aromatic carbocycles. The summed E-state index contributed by atoms with van der Waals surface area (Å²) in [7, 11) is 1.57. The second-order valence-electron chi connectivity index (χ2n) is 6.14. The SMILES string of the molecule is COc1ccc(CNC(=O)C2CC=CN2c2ncc(C(F)(F)F)cc2Cl)cc1. The van der Waals surface area contributed by atoms with Crippen molar-refractivity contribution in [2.24, 2.45) is 0 Å². The maximum Gasteiger partial charge on any atom is 0.417 e. The third kappa shape index (κ3) is 4.39. The predicted octanol–water partition coefficient (Wildman–Crippen LogP) is 4.17. The van der Waals surface area contributed by atoms with Gasteiger partial charge in [-0.2, -0.15) is 13.2 Å². The zero-order valence-electron chi connectivity index (χ0n) is 14.8. The summed E-state index contributed by atoms with van der Waals surface area (Å²) in [5.41, 5.74) is -0.0534. The first-order valence-corrected chi connectivity index (χ1v) is 8.76. The minimum atomic E-state index is -4.54. The number of rotatable bonds is 5. The second kappa shape index (κ2) is 8.10. The number of nitrogens with zero attached hydrogens (tertiary/aromatic N) is 2. The molecule has 0 saturated carbocycles. The zero-order valence-corrected chi connectivity index (χ0v) is 15.6. The molecule has 9 heteroatoms. The van der Waals surface area contributed by atoms with Gasteiger partial charge in [0, 0.05) is 18.9 Å². The summed E-state index contributed by atoms with van der Waals surface area (Å²) in [4.78, 5) is 17.9. The molecule has 1 aliphatic rings. The van der Waals surface area contributed by atoms with Crippen LogP contribution in [0.1, 0.15) is 17.5 Å². The minimum Gasteiger partial charge on any atom is -0.497 e. The second-order valence-corrected chi connectivity index (χ2v) is 6.54. The molecule has 1 N–H and O–H groups in total. The van der Waals surface area contributed by atoms with E-state index < -0.39 is 17.8 Å². The number of anilines is 1. The molecule has 2 heterocycles. The molecule has 28 heavy (non-hydrogen) atoms. The van der Waals surface area contributed by atoms with Crippen LogP contribution in [0.2, 0.25) is 5.02 Å². The number of ether oxygens (including phenoxy) is 1. The molecule has 0 fully saturated rings. The third-order valence-electron chi connectivity index (χ3n) is 4.28. The van der Waals surface area contributed by atoms with Crippen LogP contribution >= 0.6 is 11.6 Å².